The van der Waals surface area contributed by atoms with Gasteiger partial charge in [-0.1, -0.05) is 13.3 Å². The van der Waals surface area contributed by atoms with Gasteiger partial charge in [0.25, 0.3) is 0 Å². The van der Waals surface area contributed by atoms with E-state index >= 15 is 0 Å². The van der Waals surface area contributed by atoms with Crippen molar-refractivity contribution in [2.24, 2.45) is 0 Å². The van der Waals surface area contributed by atoms with Crippen molar-refractivity contribution in [2.45, 2.75) is 63.5 Å². The molecule has 0 aromatic heterocycles. The van der Waals surface area contributed by atoms with Crippen LogP contribution >= 0.6 is 0 Å². The van der Waals surface area contributed by atoms with E-state index in [0.29, 0.717) is 0 Å². The van der Waals surface area contributed by atoms with E-state index < -0.39 is 10.0 Å². The van der Waals surface area contributed by atoms with Gasteiger partial charge in [-0.15, -0.1) is 0 Å². The third-order valence-electron chi connectivity index (χ3n) is 4.19. The van der Waals surface area contributed by atoms with E-state index in [1.165, 1.54) is 6.42 Å². The average molecular weight is 260 g/mol. The average Bonchev–Trinajstić information content (AvgIpc) is 2.24. The van der Waals surface area contributed by atoms with Crippen LogP contribution in [-0.2, 0) is 10.0 Å². The fourth-order valence-electron chi connectivity index (χ4n) is 2.83. The molecule has 1 aliphatic heterocycles. The Balaban J connectivity index is 1.89. The molecule has 1 unspecified atom stereocenters. The van der Waals surface area contributed by atoms with Gasteiger partial charge in [-0.2, -0.15) is 0 Å². The Bertz CT molecular complexity index is 338. The van der Waals surface area contributed by atoms with Crippen molar-refractivity contribution in [2.75, 3.05) is 12.3 Å². The zero-order valence-electron chi connectivity index (χ0n) is 10.7. The Kier molecular flexibility index (Phi) is 4.10. The summed E-state index contributed by atoms with van der Waals surface area (Å²) in [5.74, 6) is 0.245. The molecular formula is C12H24N2O2S. The summed E-state index contributed by atoms with van der Waals surface area (Å²) < 4.78 is 27.2. The molecule has 1 saturated carbocycles. The van der Waals surface area contributed by atoms with Crippen molar-refractivity contribution in [3.63, 3.8) is 0 Å². The van der Waals surface area contributed by atoms with Gasteiger partial charge in [0.05, 0.1) is 5.75 Å². The van der Waals surface area contributed by atoms with Crippen LogP contribution in [0, 0.1) is 0 Å². The third kappa shape index (κ3) is 3.42. The second-order valence-corrected chi connectivity index (χ2v) is 7.28. The van der Waals surface area contributed by atoms with Crippen LogP contribution in [0.3, 0.4) is 0 Å². The number of piperidine rings is 1. The Labute approximate surface area is 105 Å². The summed E-state index contributed by atoms with van der Waals surface area (Å²) >= 11 is 0. The molecule has 1 saturated heterocycles. The molecule has 1 atom stereocenters. The fraction of sp³-hybridized carbons (Fsp3) is 1.00. The zero-order valence-corrected chi connectivity index (χ0v) is 11.5. The standard InChI is InChI=1S/C12H24N2O2S/c1-2-12(7-5-8-12)14-17(15,16)10-11-6-3-4-9-13-11/h11,13-14H,2-10H2,1H3. The largest absolute Gasteiger partial charge is 0.313 e. The van der Waals surface area contributed by atoms with E-state index in [1.54, 1.807) is 0 Å². The van der Waals surface area contributed by atoms with E-state index in [2.05, 4.69) is 17.0 Å². The molecule has 2 fully saturated rings. The van der Waals surface area contributed by atoms with E-state index in [0.717, 1.165) is 45.1 Å². The van der Waals surface area contributed by atoms with Crippen LogP contribution in [0.5, 0.6) is 0 Å². The monoisotopic (exact) mass is 260 g/mol. The molecule has 100 valence electrons. The Hall–Kier alpha value is -0.130. The molecule has 1 heterocycles. The highest BCUT2D eigenvalue weighted by Gasteiger charge is 2.39. The van der Waals surface area contributed by atoms with Crippen molar-refractivity contribution in [3.05, 3.63) is 0 Å². The first-order valence-corrected chi connectivity index (χ1v) is 8.45. The summed E-state index contributed by atoms with van der Waals surface area (Å²) in [7, 11) is -3.12. The van der Waals surface area contributed by atoms with Crippen molar-refractivity contribution >= 4 is 10.0 Å². The number of nitrogens with one attached hydrogen (secondary N) is 2. The molecule has 4 nitrogen and oxygen atoms in total. The van der Waals surface area contributed by atoms with E-state index in [-0.39, 0.29) is 17.3 Å². The minimum absolute atomic E-state index is 0.118. The number of sulfonamides is 1. The van der Waals surface area contributed by atoms with Crippen LogP contribution < -0.4 is 10.0 Å². The van der Waals surface area contributed by atoms with Crippen molar-refractivity contribution in [1.29, 1.82) is 0 Å². The van der Waals surface area contributed by atoms with Crippen molar-refractivity contribution in [1.82, 2.24) is 10.0 Å². The highest BCUT2D eigenvalue weighted by molar-refractivity contribution is 7.89. The molecule has 17 heavy (non-hydrogen) atoms. The fourth-order valence-corrected chi connectivity index (χ4v) is 4.74. The summed E-state index contributed by atoms with van der Waals surface area (Å²) in [6, 6.07) is 0.148. The van der Waals surface area contributed by atoms with Crippen LogP contribution in [0.2, 0.25) is 0 Å². The van der Waals surface area contributed by atoms with Gasteiger partial charge in [0.1, 0.15) is 0 Å². The topological polar surface area (TPSA) is 58.2 Å². The maximum Gasteiger partial charge on any atom is 0.213 e. The minimum atomic E-state index is -3.12. The van der Waals surface area contributed by atoms with Crippen LogP contribution in [-0.4, -0.2) is 32.3 Å². The lowest BCUT2D eigenvalue weighted by Gasteiger charge is -2.41. The summed E-state index contributed by atoms with van der Waals surface area (Å²) in [5.41, 5.74) is -0.118. The lowest BCUT2D eigenvalue weighted by molar-refractivity contribution is 0.213. The van der Waals surface area contributed by atoms with Crippen LogP contribution in [0.1, 0.15) is 51.9 Å². The van der Waals surface area contributed by atoms with Gasteiger partial charge in [-0.3, -0.25) is 0 Å². The maximum absolute atomic E-state index is 12.1. The van der Waals surface area contributed by atoms with Crippen LogP contribution in [0.4, 0.5) is 0 Å². The quantitative estimate of drug-likeness (QED) is 0.785. The lowest BCUT2D eigenvalue weighted by Crippen LogP contribution is -2.55. The molecule has 0 radical (unpaired) electrons. The summed E-state index contributed by atoms with van der Waals surface area (Å²) in [4.78, 5) is 0. The highest BCUT2D eigenvalue weighted by Crippen LogP contribution is 2.35. The zero-order chi connectivity index (χ0) is 12.4. The van der Waals surface area contributed by atoms with Gasteiger partial charge in [-0.05, 0) is 45.1 Å². The molecule has 0 bridgehead atoms. The van der Waals surface area contributed by atoms with E-state index in [1.807, 2.05) is 0 Å². The molecule has 5 heteroatoms. The Morgan fingerprint density at radius 3 is 2.53 bits per heavy atom. The Morgan fingerprint density at radius 1 is 1.29 bits per heavy atom. The van der Waals surface area contributed by atoms with Gasteiger partial charge < -0.3 is 5.32 Å². The van der Waals surface area contributed by atoms with Gasteiger partial charge >= 0.3 is 0 Å². The van der Waals surface area contributed by atoms with Crippen LogP contribution in [0.25, 0.3) is 0 Å². The molecule has 0 spiro atoms. The smallest absolute Gasteiger partial charge is 0.213 e. The number of rotatable bonds is 5. The minimum Gasteiger partial charge on any atom is -0.313 e. The second-order valence-electron chi connectivity index (χ2n) is 5.52. The van der Waals surface area contributed by atoms with E-state index in [9.17, 15) is 8.42 Å². The summed E-state index contributed by atoms with van der Waals surface area (Å²) in [6.07, 6.45) is 7.36. The third-order valence-corrected chi connectivity index (χ3v) is 5.78. The molecule has 0 aromatic carbocycles. The van der Waals surface area contributed by atoms with Crippen molar-refractivity contribution < 1.29 is 8.42 Å². The van der Waals surface area contributed by atoms with Gasteiger partial charge in [0.2, 0.25) is 10.0 Å². The van der Waals surface area contributed by atoms with Gasteiger partial charge in [-0.25, -0.2) is 13.1 Å². The SMILES string of the molecule is CCC1(NS(=O)(=O)CC2CCCCN2)CCC1. The predicted molar refractivity (Wildman–Crippen MR) is 69.4 cm³/mol. The first-order valence-electron chi connectivity index (χ1n) is 6.80. The first-order chi connectivity index (χ1) is 8.05. The second kappa shape index (κ2) is 5.24. The molecule has 1 aliphatic carbocycles. The summed E-state index contributed by atoms with van der Waals surface area (Å²) in [6.45, 7) is 3.03. The molecule has 2 rings (SSSR count). The van der Waals surface area contributed by atoms with Gasteiger partial charge in [0.15, 0.2) is 0 Å². The van der Waals surface area contributed by atoms with E-state index in [4.69, 9.17) is 0 Å². The first kappa shape index (κ1) is 13.3. The highest BCUT2D eigenvalue weighted by atomic mass is 32.2. The normalized spacial score (nSPS) is 28.6. The van der Waals surface area contributed by atoms with Crippen LogP contribution in [0.15, 0.2) is 0 Å². The maximum atomic E-state index is 12.1. The summed E-state index contributed by atoms with van der Waals surface area (Å²) in [5, 5.41) is 3.30. The van der Waals surface area contributed by atoms with Crippen molar-refractivity contribution in [3.8, 4) is 0 Å². The molecular weight excluding hydrogens is 236 g/mol. The molecule has 0 amide bonds. The number of hydrogen-bond donors (Lipinski definition) is 2. The molecule has 0 aromatic rings. The van der Waals surface area contributed by atoms with Gasteiger partial charge in [0, 0.05) is 11.6 Å². The number of hydrogen-bond acceptors (Lipinski definition) is 3. The lowest BCUT2D eigenvalue weighted by atomic mass is 9.76. The molecule has 2 aliphatic rings. The molecule has 2 N–H and O–H groups in total. The predicted octanol–water partition coefficient (Wildman–Crippen LogP) is 1.38. The Morgan fingerprint density at radius 2 is 2.06 bits per heavy atom.